The summed E-state index contributed by atoms with van der Waals surface area (Å²) in [5, 5.41) is 11.7. The molecular weight excluding hydrogens is 468 g/mol. The Morgan fingerprint density at radius 2 is 1.33 bits per heavy atom. The second kappa shape index (κ2) is 11.8. The predicted octanol–water partition coefficient (Wildman–Crippen LogP) is 6.35. The van der Waals surface area contributed by atoms with Crippen molar-refractivity contribution in [2.45, 2.75) is 30.2 Å². The number of imidazole rings is 1. The molecule has 5 nitrogen and oxygen atoms in total. The summed E-state index contributed by atoms with van der Waals surface area (Å²) < 4.78 is 13.8. The van der Waals surface area contributed by atoms with Crippen molar-refractivity contribution in [2.24, 2.45) is 0 Å². The number of hydrogen-bond donors (Lipinski definition) is 1. The van der Waals surface area contributed by atoms with Crippen molar-refractivity contribution in [1.29, 1.82) is 0 Å². The first-order chi connectivity index (χ1) is 17.7. The number of aliphatic hydroxyl groups is 1. The summed E-state index contributed by atoms with van der Waals surface area (Å²) in [7, 11) is 0. The smallest absolute Gasteiger partial charge is 0.169 e. The Morgan fingerprint density at radius 3 is 2.06 bits per heavy atom. The summed E-state index contributed by atoms with van der Waals surface area (Å²) in [5.41, 5.74) is 4.29. The fourth-order valence-electron chi connectivity index (χ4n) is 3.89. The van der Waals surface area contributed by atoms with E-state index in [1.165, 1.54) is 5.56 Å². The number of fused-ring (bicyclic) bond motifs is 1. The van der Waals surface area contributed by atoms with E-state index in [1.807, 2.05) is 97.1 Å². The van der Waals surface area contributed by atoms with Crippen LogP contribution in [-0.4, -0.2) is 27.4 Å². The van der Waals surface area contributed by atoms with E-state index in [1.54, 1.807) is 11.8 Å². The summed E-state index contributed by atoms with van der Waals surface area (Å²) in [6.45, 7) is 1.10. The molecule has 0 spiro atoms. The second-order valence-corrected chi connectivity index (χ2v) is 9.42. The molecule has 0 radical (unpaired) electrons. The van der Waals surface area contributed by atoms with Crippen LogP contribution in [0.5, 0.6) is 11.5 Å². The molecular formula is C30H28N2O3S. The van der Waals surface area contributed by atoms with Crippen molar-refractivity contribution in [3.8, 4) is 11.5 Å². The van der Waals surface area contributed by atoms with E-state index < -0.39 is 6.10 Å². The fraction of sp³-hybridized carbons (Fsp3) is 0.167. The quantitative estimate of drug-likeness (QED) is 0.216. The Labute approximate surface area is 215 Å². The van der Waals surface area contributed by atoms with Gasteiger partial charge in [0.1, 0.15) is 30.8 Å². The topological polar surface area (TPSA) is 56.5 Å². The minimum Gasteiger partial charge on any atom is -0.491 e. The number of hydrogen-bond acceptors (Lipinski definition) is 5. The molecule has 0 aliphatic rings. The van der Waals surface area contributed by atoms with Crippen LogP contribution in [-0.2, 0) is 18.9 Å². The van der Waals surface area contributed by atoms with Crippen molar-refractivity contribution in [3.63, 3.8) is 0 Å². The Balaban J connectivity index is 1.18. The largest absolute Gasteiger partial charge is 0.491 e. The highest BCUT2D eigenvalue weighted by Crippen LogP contribution is 2.27. The summed E-state index contributed by atoms with van der Waals surface area (Å²) in [5.74, 6) is 2.28. The first-order valence-corrected chi connectivity index (χ1v) is 12.9. The molecule has 1 heterocycles. The monoisotopic (exact) mass is 496 g/mol. The zero-order chi connectivity index (χ0) is 24.6. The molecule has 0 aliphatic carbocycles. The van der Waals surface area contributed by atoms with Gasteiger partial charge in [0.15, 0.2) is 5.16 Å². The predicted molar refractivity (Wildman–Crippen MR) is 144 cm³/mol. The van der Waals surface area contributed by atoms with Gasteiger partial charge in [0.25, 0.3) is 0 Å². The molecule has 36 heavy (non-hydrogen) atoms. The van der Waals surface area contributed by atoms with Gasteiger partial charge in [-0.05, 0) is 47.5 Å². The van der Waals surface area contributed by atoms with E-state index >= 15 is 0 Å². The summed E-state index contributed by atoms with van der Waals surface area (Å²) >= 11 is 1.67. The highest BCUT2D eigenvalue weighted by Gasteiger charge is 2.15. The van der Waals surface area contributed by atoms with Crippen LogP contribution in [0, 0.1) is 0 Å². The molecule has 0 aliphatic heterocycles. The van der Waals surface area contributed by atoms with Gasteiger partial charge in [-0.1, -0.05) is 84.6 Å². The first kappa shape index (κ1) is 24.0. The Kier molecular flexibility index (Phi) is 7.86. The van der Waals surface area contributed by atoms with Crippen LogP contribution in [0.1, 0.15) is 11.1 Å². The van der Waals surface area contributed by atoms with Crippen molar-refractivity contribution < 1.29 is 14.6 Å². The van der Waals surface area contributed by atoms with Crippen molar-refractivity contribution in [1.82, 2.24) is 9.55 Å². The van der Waals surface area contributed by atoms with Gasteiger partial charge in [-0.15, -0.1) is 0 Å². The maximum Gasteiger partial charge on any atom is 0.169 e. The highest BCUT2D eigenvalue weighted by molar-refractivity contribution is 7.98. The molecule has 182 valence electrons. The third-order valence-corrected chi connectivity index (χ3v) is 6.79. The normalized spacial score (nSPS) is 11.9. The van der Waals surface area contributed by atoms with Gasteiger partial charge in [-0.25, -0.2) is 4.98 Å². The second-order valence-electron chi connectivity index (χ2n) is 8.48. The maximum atomic E-state index is 10.8. The van der Waals surface area contributed by atoms with Crippen LogP contribution >= 0.6 is 11.8 Å². The van der Waals surface area contributed by atoms with E-state index in [-0.39, 0.29) is 6.61 Å². The number of benzene rings is 4. The van der Waals surface area contributed by atoms with Crippen molar-refractivity contribution >= 4 is 22.8 Å². The van der Waals surface area contributed by atoms with Crippen LogP contribution < -0.4 is 9.47 Å². The Bertz CT molecular complexity index is 1370. The summed E-state index contributed by atoms with van der Waals surface area (Å²) in [6, 6.07) is 35.9. The minimum atomic E-state index is -0.687. The molecule has 0 saturated carbocycles. The zero-order valence-electron chi connectivity index (χ0n) is 19.9. The summed E-state index contributed by atoms with van der Waals surface area (Å²) in [4.78, 5) is 4.81. The average molecular weight is 497 g/mol. The number of aromatic nitrogens is 2. The number of para-hydroxylation sites is 2. The molecule has 0 saturated heterocycles. The van der Waals surface area contributed by atoms with Crippen LogP contribution in [0.3, 0.4) is 0 Å². The Hall–Kier alpha value is -3.74. The van der Waals surface area contributed by atoms with E-state index in [0.717, 1.165) is 33.3 Å². The van der Waals surface area contributed by atoms with E-state index in [4.69, 9.17) is 14.5 Å². The number of rotatable bonds is 11. The van der Waals surface area contributed by atoms with Gasteiger partial charge in [-0.2, -0.15) is 0 Å². The van der Waals surface area contributed by atoms with Crippen LogP contribution in [0.15, 0.2) is 114 Å². The lowest BCUT2D eigenvalue weighted by atomic mass is 10.2. The van der Waals surface area contributed by atoms with Gasteiger partial charge in [-0.3, -0.25) is 0 Å². The molecule has 5 rings (SSSR count). The molecule has 0 bridgehead atoms. The third kappa shape index (κ3) is 6.27. The lowest BCUT2D eigenvalue weighted by Crippen LogP contribution is -2.24. The molecule has 5 aromatic rings. The molecule has 0 unspecified atom stereocenters. The molecule has 1 N–H and O–H groups in total. The van der Waals surface area contributed by atoms with Gasteiger partial charge in [0, 0.05) is 5.75 Å². The van der Waals surface area contributed by atoms with Gasteiger partial charge < -0.3 is 19.1 Å². The number of nitrogens with zero attached hydrogens (tertiary/aromatic N) is 2. The molecule has 4 aromatic carbocycles. The van der Waals surface area contributed by atoms with Gasteiger partial charge in [0.2, 0.25) is 0 Å². The third-order valence-electron chi connectivity index (χ3n) is 5.74. The standard InChI is InChI=1S/C30H28N2O3S/c33-25(21-35-27-17-15-26(16-18-27)34-20-23-9-3-1-4-10-23)19-32-29-14-8-7-13-28(29)31-30(32)36-22-24-11-5-2-6-12-24/h1-18,25,33H,19-22H2/t25-/m0/s1. The maximum absolute atomic E-state index is 10.8. The number of aliphatic hydroxyl groups excluding tert-OH is 1. The van der Waals surface area contributed by atoms with Crippen LogP contribution in [0.2, 0.25) is 0 Å². The van der Waals surface area contributed by atoms with Crippen molar-refractivity contribution in [2.75, 3.05) is 6.61 Å². The molecule has 1 atom stereocenters. The van der Waals surface area contributed by atoms with E-state index in [2.05, 4.69) is 16.7 Å². The fourth-order valence-corrected chi connectivity index (χ4v) is 4.87. The number of ether oxygens (including phenoxy) is 2. The van der Waals surface area contributed by atoms with Crippen LogP contribution in [0.25, 0.3) is 11.0 Å². The molecule has 0 amide bonds. The lowest BCUT2D eigenvalue weighted by Gasteiger charge is -2.16. The van der Waals surface area contributed by atoms with Gasteiger partial charge in [0.05, 0.1) is 17.6 Å². The Morgan fingerprint density at radius 1 is 0.722 bits per heavy atom. The van der Waals surface area contributed by atoms with E-state index in [0.29, 0.717) is 18.9 Å². The first-order valence-electron chi connectivity index (χ1n) is 11.9. The van der Waals surface area contributed by atoms with Crippen molar-refractivity contribution in [3.05, 3.63) is 120 Å². The zero-order valence-corrected chi connectivity index (χ0v) is 20.7. The van der Waals surface area contributed by atoms with Gasteiger partial charge >= 0.3 is 0 Å². The molecule has 6 heteroatoms. The van der Waals surface area contributed by atoms with Crippen LogP contribution in [0.4, 0.5) is 0 Å². The summed E-state index contributed by atoms with van der Waals surface area (Å²) in [6.07, 6.45) is -0.687. The molecule has 0 fully saturated rings. The SMILES string of the molecule is O[C@H](COc1ccc(OCc2ccccc2)cc1)Cn1c(SCc2ccccc2)nc2ccccc21. The molecule has 1 aromatic heterocycles. The van der Waals surface area contributed by atoms with E-state index in [9.17, 15) is 5.11 Å². The lowest BCUT2D eigenvalue weighted by molar-refractivity contribution is 0.0914. The minimum absolute atomic E-state index is 0.180. The highest BCUT2D eigenvalue weighted by atomic mass is 32.2. The number of thioether (sulfide) groups is 1. The average Bonchev–Trinajstić information content (AvgIpc) is 3.28.